The SMILES string of the molecule is C[Si]1(c2ccccc2)C(c2ccccc2)=C(c2ccccc2)c2ccccc21. The summed E-state index contributed by atoms with van der Waals surface area (Å²) in [4.78, 5) is 0. The monoisotopic (exact) mass is 374 g/mol. The second-order valence-electron chi connectivity index (χ2n) is 7.52. The van der Waals surface area contributed by atoms with E-state index in [2.05, 4.69) is 122 Å². The van der Waals surface area contributed by atoms with Gasteiger partial charge in [-0.15, -0.1) is 0 Å². The Kier molecular flexibility index (Phi) is 4.11. The van der Waals surface area contributed by atoms with Crippen LogP contribution in [-0.4, -0.2) is 8.07 Å². The van der Waals surface area contributed by atoms with Crippen LogP contribution in [0.15, 0.2) is 115 Å². The van der Waals surface area contributed by atoms with Gasteiger partial charge in [0.15, 0.2) is 0 Å². The summed E-state index contributed by atoms with van der Waals surface area (Å²) < 4.78 is 0. The summed E-state index contributed by atoms with van der Waals surface area (Å²) in [6, 6.07) is 42.0. The minimum absolute atomic E-state index is 1.31. The summed E-state index contributed by atoms with van der Waals surface area (Å²) in [6.45, 7) is 2.51. The van der Waals surface area contributed by atoms with E-state index < -0.39 is 8.07 Å². The summed E-state index contributed by atoms with van der Waals surface area (Å²) in [7, 11) is -2.12. The molecule has 0 saturated carbocycles. The van der Waals surface area contributed by atoms with Gasteiger partial charge in [0.05, 0.1) is 0 Å². The molecule has 0 spiro atoms. The highest BCUT2D eigenvalue weighted by Gasteiger charge is 2.45. The average Bonchev–Trinajstić information content (AvgIpc) is 3.06. The van der Waals surface area contributed by atoms with Crippen LogP contribution in [0, 0.1) is 0 Å². The van der Waals surface area contributed by atoms with E-state index in [0.29, 0.717) is 0 Å². The fourth-order valence-electron chi connectivity index (χ4n) is 4.67. The molecule has 0 nitrogen and oxygen atoms in total. The number of hydrogen-bond acceptors (Lipinski definition) is 0. The van der Waals surface area contributed by atoms with Crippen molar-refractivity contribution in [3.05, 3.63) is 132 Å². The van der Waals surface area contributed by atoms with Gasteiger partial charge in [0, 0.05) is 0 Å². The Labute approximate surface area is 167 Å². The van der Waals surface area contributed by atoms with E-state index in [1.165, 1.54) is 37.8 Å². The Morgan fingerprint density at radius 3 is 1.64 bits per heavy atom. The largest absolute Gasteiger partial charge is 0.147 e. The zero-order chi connectivity index (χ0) is 19.0. The molecule has 0 bridgehead atoms. The summed E-state index contributed by atoms with van der Waals surface area (Å²) in [5.41, 5.74) is 5.45. The normalized spacial score (nSPS) is 18.2. The molecule has 0 saturated heterocycles. The standard InChI is InChI=1S/C27H22Si/c1-28(23-17-9-4-10-18-23)25-20-12-11-19-24(25)26(21-13-5-2-6-14-21)27(28)22-15-7-3-8-16-22/h2-20H,1H3. The summed E-state index contributed by atoms with van der Waals surface area (Å²) in [6.07, 6.45) is 0. The zero-order valence-corrected chi connectivity index (χ0v) is 17.0. The van der Waals surface area contributed by atoms with Gasteiger partial charge in [-0.05, 0) is 37.8 Å². The van der Waals surface area contributed by atoms with E-state index in [1.807, 2.05) is 0 Å². The first kappa shape index (κ1) is 17.0. The molecule has 1 atom stereocenters. The Hall–Kier alpha value is -3.16. The van der Waals surface area contributed by atoms with E-state index in [4.69, 9.17) is 0 Å². The highest BCUT2D eigenvalue weighted by atomic mass is 28.3. The third-order valence-corrected chi connectivity index (χ3v) is 10.5. The first-order valence-electron chi connectivity index (χ1n) is 9.81. The summed E-state index contributed by atoms with van der Waals surface area (Å²) in [5.74, 6) is 0. The number of hydrogen-bond donors (Lipinski definition) is 0. The molecule has 1 heterocycles. The van der Waals surface area contributed by atoms with Crippen LogP contribution in [0.5, 0.6) is 0 Å². The molecule has 134 valence electrons. The van der Waals surface area contributed by atoms with Gasteiger partial charge in [-0.1, -0.05) is 122 Å². The van der Waals surface area contributed by atoms with Crippen molar-refractivity contribution in [3.63, 3.8) is 0 Å². The predicted molar refractivity (Wildman–Crippen MR) is 123 cm³/mol. The first-order valence-corrected chi connectivity index (χ1v) is 12.3. The van der Waals surface area contributed by atoms with Gasteiger partial charge in [0.25, 0.3) is 0 Å². The quantitative estimate of drug-likeness (QED) is 0.422. The predicted octanol–water partition coefficient (Wildman–Crippen LogP) is 5.39. The molecular formula is C27H22Si. The van der Waals surface area contributed by atoms with E-state index >= 15 is 0 Å². The molecule has 4 aromatic rings. The second kappa shape index (κ2) is 6.77. The van der Waals surface area contributed by atoms with Crippen molar-refractivity contribution in [2.45, 2.75) is 6.55 Å². The van der Waals surface area contributed by atoms with Crippen molar-refractivity contribution < 1.29 is 0 Å². The van der Waals surface area contributed by atoms with Crippen LogP contribution in [0.3, 0.4) is 0 Å². The highest BCUT2D eigenvalue weighted by molar-refractivity contribution is 7.17. The molecule has 0 aromatic heterocycles. The summed E-state index contributed by atoms with van der Waals surface area (Å²) >= 11 is 0. The number of benzene rings is 4. The Morgan fingerprint density at radius 2 is 1.00 bits per heavy atom. The minimum Gasteiger partial charge on any atom is -0.0624 e. The third kappa shape index (κ3) is 2.51. The number of rotatable bonds is 3. The molecule has 4 aromatic carbocycles. The fraction of sp³-hybridized carbons (Fsp3) is 0.0370. The lowest BCUT2D eigenvalue weighted by Crippen LogP contribution is -2.55. The van der Waals surface area contributed by atoms with Crippen molar-refractivity contribution in [1.82, 2.24) is 0 Å². The molecule has 0 amide bonds. The molecular weight excluding hydrogens is 352 g/mol. The van der Waals surface area contributed by atoms with E-state index in [9.17, 15) is 0 Å². The molecule has 1 heteroatoms. The van der Waals surface area contributed by atoms with Crippen molar-refractivity contribution in [1.29, 1.82) is 0 Å². The molecule has 0 fully saturated rings. The zero-order valence-electron chi connectivity index (χ0n) is 16.0. The number of fused-ring (bicyclic) bond motifs is 1. The Bertz CT molecular complexity index is 1140. The fourth-order valence-corrected chi connectivity index (χ4v) is 9.10. The van der Waals surface area contributed by atoms with Crippen molar-refractivity contribution >= 4 is 29.2 Å². The van der Waals surface area contributed by atoms with Gasteiger partial charge >= 0.3 is 0 Å². The topological polar surface area (TPSA) is 0 Å². The smallest absolute Gasteiger partial charge is 0.0624 e. The molecule has 0 aliphatic carbocycles. The maximum atomic E-state index is 2.51. The van der Waals surface area contributed by atoms with Crippen LogP contribution < -0.4 is 10.4 Å². The minimum atomic E-state index is -2.12. The third-order valence-electron chi connectivity index (χ3n) is 5.96. The highest BCUT2D eigenvalue weighted by Crippen LogP contribution is 2.42. The Morgan fingerprint density at radius 1 is 0.500 bits per heavy atom. The summed E-state index contributed by atoms with van der Waals surface area (Å²) in [5, 5.41) is 4.50. The molecule has 1 aliphatic heterocycles. The molecule has 1 unspecified atom stereocenters. The maximum Gasteiger partial charge on any atom is 0.147 e. The van der Waals surface area contributed by atoms with Gasteiger partial charge in [-0.2, -0.15) is 0 Å². The molecule has 0 radical (unpaired) electrons. The van der Waals surface area contributed by atoms with Crippen molar-refractivity contribution in [2.24, 2.45) is 0 Å². The lowest BCUT2D eigenvalue weighted by Gasteiger charge is -2.29. The lowest BCUT2D eigenvalue weighted by molar-refractivity contribution is 1.58. The van der Waals surface area contributed by atoms with Crippen LogP contribution in [-0.2, 0) is 0 Å². The Balaban J connectivity index is 1.92. The van der Waals surface area contributed by atoms with Crippen LogP contribution in [0.2, 0.25) is 6.55 Å². The molecule has 5 rings (SSSR count). The lowest BCUT2D eigenvalue weighted by atomic mass is 9.96. The van der Waals surface area contributed by atoms with Gasteiger partial charge < -0.3 is 0 Å². The van der Waals surface area contributed by atoms with Gasteiger partial charge in [-0.3, -0.25) is 0 Å². The van der Waals surface area contributed by atoms with Gasteiger partial charge in [-0.25, -0.2) is 0 Å². The van der Waals surface area contributed by atoms with Crippen molar-refractivity contribution in [2.75, 3.05) is 0 Å². The van der Waals surface area contributed by atoms with E-state index in [0.717, 1.165) is 0 Å². The van der Waals surface area contributed by atoms with Gasteiger partial charge in [0.2, 0.25) is 0 Å². The van der Waals surface area contributed by atoms with Crippen LogP contribution >= 0.6 is 0 Å². The first-order chi connectivity index (χ1) is 13.8. The van der Waals surface area contributed by atoms with Crippen molar-refractivity contribution in [3.8, 4) is 0 Å². The second-order valence-corrected chi connectivity index (χ2v) is 11.4. The van der Waals surface area contributed by atoms with E-state index in [1.54, 1.807) is 0 Å². The molecule has 28 heavy (non-hydrogen) atoms. The van der Waals surface area contributed by atoms with Gasteiger partial charge in [0.1, 0.15) is 8.07 Å². The molecule has 0 N–H and O–H groups in total. The maximum absolute atomic E-state index is 2.51. The molecule has 1 aliphatic rings. The average molecular weight is 375 g/mol. The van der Waals surface area contributed by atoms with Crippen LogP contribution in [0.25, 0.3) is 10.8 Å². The van der Waals surface area contributed by atoms with E-state index in [-0.39, 0.29) is 0 Å². The van der Waals surface area contributed by atoms with Crippen LogP contribution in [0.1, 0.15) is 16.7 Å². The van der Waals surface area contributed by atoms with Crippen LogP contribution in [0.4, 0.5) is 0 Å².